The molecule has 1 aliphatic heterocycles. The van der Waals surface area contributed by atoms with Crippen LogP contribution in [0.2, 0.25) is 0 Å². The van der Waals surface area contributed by atoms with Crippen molar-refractivity contribution in [1.29, 1.82) is 0 Å². The molecule has 0 aliphatic carbocycles. The maximum absolute atomic E-state index is 11.3. The van der Waals surface area contributed by atoms with Gasteiger partial charge in [-0.3, -0.25) is 20.2 Å². The van der Waals surface area contributed by atoms with Crippen molar-refractivity contribution in [3.05, 3.63) is 37.6 Å². The molecule has 2 rings (SSSR count). The van der Waals surface area contributed by atoms with Crippen molar-refractivity contribution in [3.8, 4) is 5.75 Å². The van der Waals surface area contributed by atoms with Gasteiger partial charge in [-0.25, -0.2) is 0 Å². The number of hydrogen-bond donors (Lipinski definition) is 1. The summed E-state index contributed by atoms with van der Waals surface area (Å²) in [6.45, 7) is 0. The Morgan fingerprint density at radius 3 is 2.18 bits per heavy atom. The van der Waals surface area contributed by atoms with Gasteiger partial charge in [0.05, 0.1) is 32.0 Å². The molecule has 90 valence electrons. The molecule has 1 aromatic rings. The zero-order valence-corrected chi connectivity index (χ0v) is 7.80. The van der Waals surface area contributed by atoms with Crippen LogP contribution in [-0.4, -0.2) is 15.0 Å². The third kappa shape index (κ3) is 1.74. The van der Waals surface area contributed by atoms with Gasteiger partial charge in [0.25, 0.3) is 17.1 Å². The van der Waals surface area contributed by atoms with Crippen LogP contribution in [-0.2, 0) is 9.98 Å². The number of nitrogens with zero attached hydrogens (tertiary/aromatic N) is 3. The fourth-order valence-corrected chi connectivity index (χ4v) is 1.15. The number of phenols is 1. The second kappa shape index (κ2) is 3.33. The van der Waals surface area contributed by atoms with E-state index in [-0.39, 0.29) is 0 Å². The lowest BCUT2D eigenvalue weighted by Crippen LogP contribution is -2.15. The molecule has 0 radical (unpaired) electrons. The molecule has 1 aliphatic rings. The Bertz CT molecular complexity index is 524. The van der Waals surface area contributed by atoms with Gasteiger partial charge in [-0.1, -0.05) is 0 Å². The van der Waals surface area contributed by atoms with Crippen molar-refractivity contribution in [2.45, 2.75) is 0 Å². The second-order valence-corrected chi connectivity index (χ2v) is 2.99. The highest BCUT2D eigenvalue weighted by Gasteiger charge is 2.51. The lowest BCUT2D eigenvalue weighted by Gasteiger charge is -2.06. The normalized spacial score (nSPS) is 16.5. The van der Waals surface area contributed by atoms with E-state index in [1.807, 2.05) is 0 Å². The van der Waals surface area contributed by atoms with E-state index in [1.54, 1.807) is 0 Å². The van der Waals surface area contributed by atoms with E-state index in [9.17, 15) is 30.5 Å². The summed E-state index contributed by atoms with van der Waals surface area (Å²) in [5, 5.41) is 41.7. The van der Waals surface area contributed by atoms with Gasteiger partial charge in [0.2, 0.25) is 0 Å². The van der Waals surface area contributed by atoms with Crippen molar-refractivity contribution >= 4 is 17.1 Å². The highest BCUT2D eigenvalue weighted by molar-refractivity contribution is 5.69. The molecule has 0 atom stereocenters. The van der Waals surface area contributed by atoms with Crippen molar-refractivity contribution in [1.82, 2.24) is 4.97 Å². The molecular weight excluding hydrogens is 242 g/mol. The molecule has 11 heteroatoms. The average molecular weight is 245 g/mol. The van der Waals surface area contributed by atoms with Crippen LogP contribution in [0.1, 0.15) is 0 Å². The molecule has 0 aromatic heterocycles. The number of rotatable bonds is 3. The largest absolute Gasteiger partial charge is 0.553 e. The summed E-state index contributed by atoms with van der Waals surface area (Å²) in [5.74, 6) is -1.05. The Morgan fingerprint density at radius 2 is 1.76 bits per heavy atom. The molecule has 1 aromatic carbocycles. The Morgan fingerprint density at radius 1 is 1.18 bits per heavy atom. The molecule has 1 N–H and O–H groups in total. The zero-order valence-electron chi connectivity index (χ0n) is 7.80. The topological polar surface area (TPSA) is 155 Å². The summed E-state index contributed by atoms with van der Waals surface area (Å²) in [5.41, 5.74) is -2.50. The second-order valence-electron chi connectivity index (χ2n) is 2.99. The van der Waals surface area contributed by atoms with Crippen molar-refractivity contribution in [2.24, 2.45) is 0 Å². The molecule has 0 bridgehead atoms. The molecule has 1 heterocycles. The van der Waals surface area contributed by atoms with E-state index in [4.69, 9.17) is 0 Å². The number of non-ortho nitro benzene ring substituents is 1. The number of nitro benzene ring substituents is 2. The van der Waals surface area contributed by atoms with Crippen LogP contribution in [0.3, 0.4) is 0 Å². The summed E-state index contributed by atoms with van der Waals surface area (Å²) < 4.78 is 0. The standard InChI is InChI=1S/C6H3N3O8/c10-6-4(8(13)14)1-3(7(11)12)2-5(6)9(15)16-17-9/h1-2,10H. The molecule has 0 spiro atoms. The fraction of sp³-hybridized carbons (Fsp3) is 0. The first-order valence-corrected chi connectivity index (χ1v) is 3.99. The fourth-order valence-electron chi connectivity index (χ4n) is 1.15. The summed E-state index contributed by atoms with van der Waals surface area (Å²) >= 11 is 0. The van der Waals surface area contributed by atoms with Crippen molar-refractivity contribution in [3.63, 3.8) is 0 Å². The number of benzene rings is 1. The smallest absolute Gasteiger partial charge is 0.324 e. The lowest BCUT2D eigenvalue weighted by molar-refractivity contribution is -0.394. The highest BCUT2D eigenvalue weighted by atomic mass is 17.7. The minimum Gasteiger partial charge on any atom is -0.553 e. The van der Waals surface area contributed by atoms with Crippen molar-refractivity contribution < 1.29 is 24.9 Å². The van der Waals surface area contributed by atoms with E-state index >= 15 is 0 Å². The van der Waals surface area contributed by atoms with Crippen LogP contribution in [0.4, 0.5) is 17.1 Å². The number of nitro groups is 2. The summed E-state index contributed by atoms with van der Waals surface area (Å²) in [7, 11) is 0. The molecule has 17 heavy (non-hydrogen) atoms. The molecule has 1 saturated heterocycles. The minimum atomic E-state index is -1.96. The van der Waals surface area contributed by atoms with Crippen molar-refractivity contribution in [2.75, 3.05) is 0 Å². The molecule has 0 saturated carbocycles. The SMILES string of the molecule is O=[N+]([O-])c1cc([N+](=O)[O-])c(O)c([N+]2([O-])OO2)c1. The van der Waals surface area contributed by atoms with Gasteiger partial charge in [-0.2, -0.15) is 0 Å². The molecule has 0 unspecified atom stereocenters. The Hall–Kier alpha value is -2.34. The first-order chi connectivity index (χ1) is 7.85. The predicted octanol–water partition coefficient (Wildman–Crippen LogP) is 0.805. The monoisotopic (exact) mass is 245 g/mol. The van der Waals surface area contributed by atoms with Gasteiger partial charge in [-0.05, 0) is 0 Å². The van der Waals surface area contributed by atoms with E-state index in [1.165, 1.54) is 0 Å². The van der Waals surface area contributed by atoms with E-state index in [2.05, 4.69) is 9.98 Å². The first-order valence-electron chi connectivity index (χ1n) is 3.99. The average Bonchev–Trinajstić information content (AvgIpc) is 2.96. The molecule has 0 amide bonds. The van der Waals surface area contributed by atoms with Gasteiger partial charge in [0, 0.05) is 4.97 Å². The summed E-state index contributed by atoms with van der Waals surface area (Å²) in [4.78, 5) is 24.9. The minimum absolute atomic E-state index is 0.522. The molecule has 11 nitrogen and oxygen atoms in total. The van der Waals surface area contributed by atoms with E-state index in [0.29, 0.717) is 12.1 Å². The van der Waals surface area contributed by atoms with E-state index < -0.39 is 37.6 Å². The van der Waals surface area contributed by atoms with E-state index in [0.717, 1.165) is 0 Å². The number of hydrogen-bond acceptors (Lipinski definition) is 8. The van der Waals surface area contributed by atoms with Crippen LogP contribution in [0.5, 0.6) is 5.75 Å². The number of phenolic OH excluding ortho intramolecular Hbond substituents is 1. The Balaban J connectivity index is 2.66. The van der Waals surface area contributed by atoms with Gasteiger partial charge >= 0.3 is 5.69 Å². The van der Waals surface area contributed by atoms with Crippen LogP contribution >= 0.6 is 0 Å². The van der Waals surface area contributed by atoms with Crippen LogP contribution in [0.15, 0.2) is 12.1 Å². The van der Waals surface area contributed by atoms with Gasteiger partial charge in [0.15, 0.2) is 0 Å². The Labute approximate surface area is 91.3 Å². The number of quaternary nitrogens is 1. The third-order valence-electron chi connectivity index (χ3n) is 1.97. The van der Waals surface area contributed by atoms with Gasteiger partial charge in [0.1, 0.15) is 0 Å². The summed E-state index contributed by atoms with van der Waals surface area (Å²) in [6.07, 6.45) is 0. The Kier molecular flexibility index (Phi) is 2.18. The maximum atomic E-state index is 11.3. The predicted molar refractivity (Wildman–Crippen MR) is 48.7 cm³/mol. The maximum Gasteiger partial charge on any atom is 0.324 e. The molecular formula is C6H3N3O8. The number of aromatic hydroxyl groups is 1. The van der Waals surface area contributed by atoms with Gasteiger partial charge in [-0.15, -0.1) is 0 Å². The summed E-state index contributed by atoms with van der Waals surface area (Å²) in [6, 6.07) is 1.15. The van der Waals surface area contributed by atoms with Crippen LogP contribution in [0.25, 0.3) is 0 Å². The zero-order chi connectivity index (χ0) is 12.8. The third-order valence-corrected chi connectivity index (χ3v) is 1.97. The first kappa shape index (κ1) is 11.2. The quantitative estimate of drug-likeness (QED) is 0.205. The lowest BCUT2D eigenvalue weighted by atomic mass is 10.2. The highest BCUT2D eigenvalue weighted by Crippen LogP contribution is 2.47. The van der Waals surface area contributed by atoms with Crippen LogP contribution in [0, 0.1) is 25.4 Å². The van der Waals surface area contributed by atoms with Gasteiger partial charge < -0.3 is 10.3 Å². The van der Waals surface area contributed by atoms with Crippen LogP contribution < -0.4 is 4.97 Å². The molecule has 1 fully saturated rings.